The van der Waals surface area contributed by atoms with E-state index in [1.807, 2.05) is 4.90 Å². The summed E-state index contributed by atoms with van der Waals surface area (Å²) in [5, 5.41) is 3.27. The predicted molar refractivity (Wildman–Crippen MR) is 57.8 cm³/mol. The summed E-state index contributed by atoms with van der Waals surface area (Å²) in [6.07, 6.45) is 0.222. The Hall–Kier alpha value is -0.570. The zero-order valence-corrected chi connectivity index (χ0v) is 9.87. The molecular formula is C11H22N2O. The fraction of sp³-hybridized carbons (Fsp3) is 0.909. The Kier molecular flexibility index (Phi) is 3.53. The van der Waals surface area contributed by atoms with Crippen molar-refractivity contribution in [2.24, 2.45) is 11.8 Å². The van der Waals surface area contributed by atoms with Crippen molar-refractivity contribution in [3.63, 3.8) is 0 Å². The van der Waals surface area contributed by atoms with E-state index in [0.29, 0.717) is 24.4 Å². The van der Waals surface area contributed by atoms with Gasteiger partial charge in [-0.05, 0) is 18.8 Å². The highest BCUT2D eigenvalue weighted by Crippen LogP contribution is 2.20. The average molecular weight is 198 g/mol. The molecule has 0 radical (unpaired) electrons. The largest absolute Gasteiger partial charge is 0.323 e. The van der Waals surface area contributed by atoms with Crippen molar-refractivity contribution in [2.75, 3.05) is 6.54 Å². The maximum absolute atomic E-state index is 11.7. The van der Waals surface area contributed by atoms with Crippen LogP contribution in [0.15, 0.2) is 0 Å². The minimum absolute atomic E-state index is 0.222. The van der Waals surface area contributed by atoms with Gasteiger partial charge in [0.25, 0.3) is 0 Å². The molecule has 2 unspecified atom stereocenters. The highest BCUT2D eigenvalue weighted by atomic mass is 16.2. The van der Waals surface area contributed by atoms with E-state index in [2.05, 4.69) is 39.9 Å². The van der Waals surface area contributed by atoms with Gasteiger partial charge < -0.3 is 4.90 Å². The molecule has 0 saturated carbocycles. The van der Waals surface area contributed by atoms with Crippen molar-refractivity contribution < 1.29 is 4.79 Å². The van der Waals surface area contributed by atoms with Crippen LogP contribution in [0, 0.1) is 11.8 Å². The lowest BCUT2D eigenvalue weighted by molar-refractivity contribution is -0.131. The van der Waals surface area contributed by atoms with Crippen molar-refractivity contribution in [2.45, 2.75) is 46.8 Å². The van der Waals surface area contributed by atoms with Crippen LogP contribution >= 0.6 is 0 Å². The third-order valence-electron chi connectivity index (χ3n) is 3.09. The first-order valence-electron chi connectivity index (χ1n) is 5.49. The Morgan fingerprint density at radius 3 is 2.29 bits per heavy atom. The van der Waals surface area contributed by atoms with Crippen LogP contribution in [0.3, 0.4) is 0 Å². The zero-order valence-electron chi connectivity index (χ0n) is 9.87. The highest BCUT2D eigenvalue weighted by Gasteiger charge is 2.36. The molecule has 2 atom stereocenters. The standard InChI is InChI=1S/C11H22N2O/c1-7(2)9(5)13-10(14)6-12-11(13)8(3)4/h7-9,11-12H,6H2,1-5H3. The normalized spacial score (nSPS) is 25.2. The fourth-order valence-electron chi connectivity index (χ4n) is 1.90. The summed E-state index contributed by atoms with van der Waals surface area (Å²) in [4.78, 5) is 13.7. The lowest BCUT2D eigenvalue weighted by atomic mass is 10.0. The number of hydrogen-bond acceptors (Lipinski definition) is 2. The van der Waals surface area contributed by atoms with E-state index in [1.54, 1.807) is 0 Å². The van der Waals surface area contributed by atoms with E-state index < -0.39 is 0 Å². The van der Waals surface area contributed by atoms with Gasteiger partial charge in [-0.2, -0.15) is 0 Å². The quantitative estimate of drug-likeness (QED) is 0.744. The number of nitrogens with one attached hydrogen (secondary N) is 1. The number of amides is 1. The molecular weight excluding hydrogens is 176 g/mol. The zero-order chi connectivity index (χ0) is 10.9. The lowest BCUT2D eigenvalue weighted by Crippen LogP contribution is -2.48. The third kappa shape index (κ3) is 2.08. The second-order valence-corrected chi connectivity index (χ2v) is 4.86. The predicted octanol–water partition coefficient (Wildman–Crippen LogP) is 1.44. The van der Waals surface area contributed by atoms with Crippen molar-refractivity contribution in [3.8, 4) is 0 Å². The van der Waals surface area contributed by atoms with E-state index >= 15 is 0 Å². The molecule has 3 nitrogen and oxygen atoms in total. The lowest BCUT2D eigenvalue weighted by Gasteiger charge is -2.34. The molecule has 1 amide bonds. The van der Waals surface area contributed by atoms with Crippen molar-refractivity contribution in [1.29, 1.82) is 0 Å². The molecule has 1 aliphatic heterocycles. The molecule has 1 fully saturated rings. The van der Waals surface area contributed by atoms with Crippen LogP contribution in [0.25, 0.3) is 0 Å². The Morgan fingerprint density at radius 2 is 1.86 bits per heavy atom. The fourth-order valence-corrected chi connectivity index (χ4v) is 1.90. The van der Waals surface area contributed by atoms with Crippen LogP contribution < -0.4 is 5.32 Å². The van der Waals surface area contributed by atoms with Crippen molar-refractivity contribution in [1.82, 2.24) is 10.2 Å². The van der Waals surface area contributed by atoms with E-state index in [1.165, 1.54) is 0 Å². The van der Waals surface area contributed by atoms with E-state index in [9.17, 15) is 4.79 Å². The van der Waals surface area contributed by atoms with Crippen LogP contribution in [-0.4, -0.2) is 29.6 Å². The third-order valence-corrected chi connectivity index (χ3v) is 3.09. The van der Waals surface area contributed by atoms with Crippen LogP contribution in [0.1, 0.15) is 34.6 Å². The first-order valence-corrected chi connectivity index (χ1v) is 5.49. The minimum Gasteiger partial charge on any atom is -0.323 e. The summed E-state index contributed by atoms with van der Waals surface area (Å²) >= 11 is 0. The van der Waals surface area contributed by atoms with Gasteiger partial charge in [0.15, 0.2) is 0 Å². The summed E-state index contributed by atoms with van der Waals surface area (Å²) in [6, 6.07) is 0.324. The summed E-state index contributed by atoms with van der Waals surface area (Å²) in [5.74, 6) is 1.23. The van der Waals surface area contributed by atoms with Gasteiger partial charge in [-0.15, -0.1) is 0 Å². The first kappa shape index (κ1) is 11.5. The number of carbonyl (C=O) groups excluding carboxylic acids is 1. The van der Waals surface area contributed by atoms with Crippen LogP contribution in [0.2, 0.25) is 0 Å². The molecule has 0 bridgehead atoms. The van der Waals surface area contributed by atoms with Gasteiger partial charge in [0.1, 0.15) is 0 Å². The van der Waals surface area contributed by atoms with Gasteiger partial charge in [0, 0.05) is 6.04 Å². The second kappa shape index (κ2) is 4.30. The SMILES string of the molecule is CC(C)C(C)N1C(=O)CNC1C(C)C. The molecule has 1 heterocycles. The van der Waals surface area contributed by atoms with Crippen LogP contribution in [-0.2, 0) is 4.79 Å². The summed E-state index contributed by atoms with van der Waals surface area (Å²) < 4.78 is 0. The van der Waals surface area contributed by atoms with E-state index in [0.717, 1.165) is 0 Å². The number of hydrogen-bond donors (Lipinski definition) is 1. The molecule has 0 aromatic heterocycles. The molecule has 0 aromatic carbocycles. The minimum atomic E-state index is 0.222. The summed E-state index contributed by atoms with van der Waals surface area (Å²) in [6.45, 7) is 11.2. The molecule has 1 aliphatic rings. The molecule has 0 spiro atoms. The van der Waals surface area contributed by atoms with Gasteiger partial charge in [-0.3, -0.25) is 10.1 Å². The van der Waals surface area contributed by atoms with Crippen LogP contribution in [0.4, 0.5) is 0 Å². The van der Waals surface area contributed by atoms with E-state index in [4.69, 9.17) is 0 Å². The van der Waals surface area contributed by atoms with Gasteiger partial charge in [0.05, 0.1) is 12.7 Å². The van der Waals surface area contributed by atoms with E-state index in [-0.39, 0.29) is 12.1 Å². The van der Waals surface area contributed by atoms with Gasteiger partial charge in [-0.25, -0.2) is 0 Å². The maximum atomic E-state index is 11.7. The van der Waals surface area contributed by atoms with Crippen LogP contribution in [0.5, 0.6) is 0 Å². The Morgan fingerprint density at radius 1 is 1.29 bits per heavy atom. The molecule has 82 valence electrons. The molecule has 1 rings (SSSR count). The molecule has 1 saturated heterocycles. The Bertz CT molecular complexity index is 213. The second-order valence-electron chi connectivity index (χ2n) is 4.86. The number of nitrogens with zero attached hydrogens (tertiary/aromatic N) is 1. The summed E-state index contributed by atoms with van der Waals surface area (Å²) in [7, 11) is 0. The molecule has 1 N–H and O–H groups in total. The Labute approximate surface area is 86.9 Å². The summed E-state index contributed by atoms with van der Waals surface area (Å²) in [5.41, 5.74) is 0. The monoisotopic (exact) mass is 198 g/mol. The smallest absolute Gasteiger partial charge is 0.238 e. The molecule has 3 heteroatoms. The highest BCUT2D eigenvalue weighted by molar-refractivity contribution is 5.81. The van der Waals surface area contributed by atoms with Gasteiger partial charge >= 0.3 is 0 Å². The number of carbonyl (C=O) groups is 1. The van der Waals surface area contributed by atoms with Gasteiger partial charge in [-0.1, -0.05) is 27.7 Å². The van der Waals surface area contributed by atoms with Crippen molar-refractivity contribution in [3.05, 3.63) is 0 Å². The molecule has 0 aromatic rings. The van der Waals surface area contributed by atoms with Gasteiger partial charge in [0.2, 0.25) is 5.91 Å². The average Bonchev–Trinajstić information content (AvgIpc) is 2.45. The first-order chi connectivity index (χ1) is 6.45. The molecule has 14 heavy (non-hydrogen) atoms. The van der Waals surface area contributed by atoms with Crippen molar-refractivity contribution >= 4 is 5.91 Å². The maximum Gasteiger partial charge on any atom is 0.238 e. The molecule has 0 aliphatic carbocycles. The number of rotatable bonds is 3. The Balaban J connectivity index is 2.76. The topological polar surface area (TPSA) is 32.3 Å².